The lowest BCUT2D eigenvalue weighted by Crippen LogP contribution is -2.28. The zero-order valence-electron chi connectivity index (χ0n) is 47.1. The van der Waals surface area contributed by atoms with Gasteiger partial charge >= 0.3 is 0 Å². The van der Waals surface area contributed by atoms with Crippen molar-refractivity contribution in [2.24, 2.45) is 0 Å². The molecule has 3 nitrogen and oxygen atoms in total. The summed E-state index contributed by atoms with van der Waals surface area (Å²) >= 11 is 0. The van der Waals surface area contributed by atoms with Crippen LogP contribution < -0.4 is 0 Å². The summed E-state index contributed by atoms with van der Waals surface area (Å²) in [6.07, 6.45) is 0. The lowest BCUT2D eigenvalue weighted by molar-refractivity contribution is 0.768. The van der Waals surface area contributed by atoms with Crippen LogP contribution in [0.5, 0.6) is 0 Å². The molecule has 402 valence electrons. The summed E-state index contributed by atoms with van der Waals surface area (Å²) in [5.74, 6) is 1.78. The SMILES string of the molecule is c1ccc(-c2ccc(-c3nc(-c4ccc(-c5ccccc5)cc4)nc(-c4cc(-c5ccc6c(c5)C(c5ccccc5)(c5ccccc5)c5ccccc5-6)cc(-c5ccc6c(c5)C(c5ccccc5)(c5ccccc5)c5ccccc5-6)c4)n3)cc2)cc1. The van der Waals surface area contributed by atoms with E-state index in [4.69, 9.17) is 15.0 Å². The summed E-state index contributed by atoms with van der Waals surface area (Å²) in [7, 11) is 0. The van der Waals surface area contributed by atoms with Gasteiger partial charge in [-0.3, -0.25) is 0 Å². The Bertz CT molecular complexity index is 4430. The molecule has 13 aromatic carbocycles. The van der Waals surface area contributed by atoms with E-state index >= 15 is 0 Å². The van der Waals surface area contributed by atoms with Gasteiger partial charge in [-0.25, -0.2) is 15.0 Å². The molecular formula is C83H55N3. The fourth-order valence-electron chi connectivity index (χ4n) is 14.0. The predicted octanol–water partition coefficient (Wildman–Crippen LogP) is 20.3. The highest BCUT2D eigenvalue weighted by molar-refractivity contribution is 5.92. The number of nitrogens with zero attached hydrogens (tertiary/aromatic N) is 3. The van der Waals surface area contributed by atoms with Gasteiger partial charge in [0.15, 0.2) is 17.5 Å². The van der Waals surface area contributed by atoms with Crippen molar-refractivity contribution in [3.8, 4) is 101 Å². The van der Waals surface area contributed by atoms with Crippen LogP contribution >= 0.6 is 0 Å². The second kappa shape index (κ2) is 20.9. The van der Waals surface area contributed by atoms with Gasteiger partial charge < -0.3 is 0 Å². The molecule has 14 aromatic rings. The Morgan fingerprint density at radius 3 is 0.779 bits per heavy atom. The summed E-state index contributed by atoms with van der Waals surface area (Å²) in [5.41, 5.74) is 25.3. The van der Waals surface area contributed by atoms with Gasteiger partial charge in [0.2, 0.25) is 0 Å². The molecule has 0 saturated heterocycles. The maximum Gasteiger partial charge on any atom is 0.164 e. The molecule has 0 radical (unpaired) electrons. The second-order valence-electron chi connectivity index (χ2n) is 22.6. The van der Waals surface area contributed by atoms with Crippen LogP contribution in [0.1, 0.15) is 44.5 Å². The quantitative estimate of drug-likeness (QED) is 0.130. The number of hydrogen-bond donors (Lipinski definition) is 0. The first kappa shape index (κ1) is 50.6. The van der Waals surface area contributed by atoms with E-state index in [1.165, 1.54) is 66.8 Å². The van der Waals surface area contributed by atoms with Gasteiger partial charge in [0.25, 0.3) is 0 Å². The lowest BCUT2D eigenvalue weighted by Gasteiger charge is -2.34. The van der Waals surface area contributed by atoms with Gasteiger partial charge in [-0.1, -0.05) is 303 Å². The molecule has 0 atom stereocenters. The van der Waals surface area contributed by atoms with Crippen molar-refractivity contribution < 1.29 is 0 Å². The molecule has 0 N–H and O–H groups in total. The van der Waals surface area contributed by atoms with E-state index in [2.05, 4.69) is 334 Å². The molecule has 3 heteroatoms. The third-order valence-corrected chi connectivity index (χ3v) is 17.9. The Hall–Kier alpha value is -11.1. The van der Waals surface area contributed by atoms with E-state index in [0.717, 1.165) is 61.2 Å². The van der Waals surface area contributed by atoms with Crippen molar-refractivity contribution in [2.75, 3.05) is 0 Å². The lowest BCUT2D eigenvalue weighted by atomic mass is 9.67. The van der Waals surface area contributed by atoms with Gasteiger partial charge in [0.1, 0.15) is 0 Å². The number of aromatic nitrogens is 3. The number of benzene rings is 13. The molecule has 0 amide bonds. The van der Waals surface area contributed by atoms with Crippen molar-refractivity contribution >= 4 is 0 Å². The highest BCUT2D eigenvalue weighted by Gasteiger charge is 2.47. The van der Waals surface area contributed by atoms with Crippen LogP contribution in [0.25, 0.3) is 101 Å². The minimum absolute atomic E-state index is 0.581. The predicted molar refractivity (Wildman–Crippen MR) is 352 cm³/mol. The van der Waals surface area contributed by atoms with Gasteiger partial charge in [-0.2, -0.15) is 0 Å². The van der Waals surface area contributed by atoms with Crippen molar-refractivity contribution in [1.82, 2.24) is 15.0 Å². The highest BCUT2D eigenvalue weighted by Crippen LogP contribution is 2.59. The van der Waals surface area contributed by atoms with Crippen LogP contribution in [-0.2, 0) is 10.8 Å². The molecule has 86 heavy (non-hydrogen) atoms. The zero-order chi connectivity index (χ0) is 57.0. The van der Waals surface area contributed by atoms with Gasteiger partial charge in [0.05, 0.1) is 10.8 Å². The Labute approximate surface area is 502 Å². The fraction of sp³-hybridized carbons (Fsp3) is 0.0241. The first-order valence-corrected chi connectivity index (χ1v) is 29.6. The fourth-order valence-corrected chi connectivity index (χ4v) is 14.0. The van der Waals surface area contributed by atoms with Gasteiger partial charge in [0, 0.05) is 16.7 Å². The maximum atomic E-state index is 5.49. The molecule has 16 rings (SSSR count). The average molecular weight is 1090 g/mol. The first-order valence-electron chi connectivity index (χ1n) is 29.6. The molecule has 0 spiro atoms. The molecule has 1 heterocycles. The molecule has 0 unspecified atom stereocenters. The number of fused-ring (bicyclic) bond motifs is 6. The summed E-state index contributed by atoms with van der Waals surface area (Å²) in [5, 5.41) is 0. The van der Waals surface area contributed by atoms with Crippen molar-refractivity contribution in [3.05, 3.63) is 378 Å². The van der Waals surface area contributed by atoms with Gasteiger partial charge in [-0.05, 0) is 142 Å². The molecule has 2 aliphatic carbocycles. The van der Waals surface area contributed by atoms with Crippen molar-refractivity contribution in [1.29, 1.82) is 0 Å². The Balaban J connectivity index is 0.938. The molecule has 0 aliphatic heterocycles. The van der Waals surface area contributed by atoms with E-state index in [9.17, 15) is 0 Å². The van der Waals surface area contributed by atoms with Crippen molar-refractivity contribution in [2.45, 2.75) is 10.8 Å². The van der Waals surface area contributed by atoms with E-state index < -0.39 is 10.8 Å². The van der Waals surface area contributed by atoms with Crippen LogP contribution in [-0.4, -0.2) is 15.0 Å². The minimum Gasteiger partial charge on any atom is -0.208 e. The zero-order valence-corrected chi connectivity index (χ0v) is 47.1. The maximum absolute atomic E-state index is 5.49. The monoisotopic (exact) mass is 1090 g/mol. The standard InChI is InChI=1S/C83H55N3/c1-7-23-56(24-8-1)58-39-43-60(44-40-58)79-84-80(61-45-41-59(42-46-61)57-25-9-2-10-26-57)86-81(85-79)66-52-64(62-47-49-73-71-35-19-21-37-75(71)82(77(73)54-62,67-27-11-3-12-28-67)68-29-13-4-14-30-68)51-65(53-66)63-48-50-74-72-36-20-22-38-76(72)83(78(74)55-63,69-31-15-5-16-32-69)70-33-17-6-18-34-70/h1-55H. The van der Waals surface area contributed by atoms with Crippen LogP contribution in [0, 0.1) is 0 Å². The summed E-state index contributed by atoms with van der Waals surface area (Å²) in [4.78, 5) is 16.3. The molecule has 1 aromatic heterocycles. The molecule has 0 saturated carbocycles. The third-order valence-electron chi connectivity index (χ3n) is 17.9. The number of rotatable bonds is 11. The summed E-state index contributed by atoms with van der Waals surface area (Å²) in [6.45, 7) is 0. The molecule has 0 bridgehead atoms. The third kappa shape index (κ3) is 8.31. The first-order chi connectivity index (χ1) is 42.6. The van der Waals surface area contributed by atoms with E-state index in [1.54, 1.807) is 0 Å². The molecule has 0 fully saturated rings. The topological polar surface area (TPSA) is 38.7 Å². The van der Waals surface area contributed by atoms with E-state index in [0.29, 0.717) is 17.5 Å². The smallest absolute Gasteiger partial charge is 0.164 e. The highest BCUT2D eigenvalue weighted by atomic mass is 15.0. The Kier molecular flexibility index (Phi) is 12.3. The summed E-state index contributed by atoms with van der Waals surface area (Å²) in [6, 6.07) is 122. The Morgan fingerprint density at radius 1 is 0.163 bits per heavy atom. The van der Waals surface area contributed by atoms with Gasteiger partial charge in [-0.15, -0.1) is 0 Å². The second-order valence-corrected chi connectivity index (χ2v) is 22.6. The van der Waals surface area contributed by atoms with E-state index in [1.807, 2.05) is 0 Å². The van der Waals surface area contributed by atoms with Crippen LogP contribution in [0.15, 0.2) is 334 Å². The van der Waals surface area contributed by atoms with Crippen LogP contribution in [0.2, 0.25) is 0 Å². The average Bonchev–Trinajstić information content (AvgIpc) is 1.91. The van der Waals surface area contributed by atoms with E-state index in [-0.39, 0.29) is 0 Å². The largest absolute Gasteiger partial charge is 0.208 e. The van der Waals surface area contributed by atoms with Crippen LogP contribution in [0.4, 0.5) is 0 Å². The minimum atomic E-state index is -0.581. The molecule has 2 aliphatic rings. The van der Waals surface area contributed by atoms with Crippen molar-refractivity contribution in [3.63, 3.8) is 0 Å². The van der Waals surface area contributed by atoms with Crippen LogP contribution in [0.3, 0.4) is 0 Å². The number of hydrogen-bond acceptors (Lipinski definition) is 3. The summed E-state index contributed by atoms with van der Waals surface area (Å²) < 4.78 is 0. The normalized spacial score (nSPS) is 13.1. The molecular weight excluding hydrogens is 1040 g/mol. The Morgan fingerprint density at radius 2 is 0.419 bits per heavy atom.